The Morgan fingerprint density at radius 1 is 1.12 bits per heavy atom. The maximum Gasteiger partial charge on any atom is 0.338 e. The zero-order valence-corrected chi connectivity index (χ0v) is 14.7. The zero-order valence-electron chi connectivity index (χ0n) is 14.0. The maximum atomic E-state index is 12.6. The van der Waals surface area contributed by atoms with Gasteiger partial charge in [0.15, 0.2) is 0 Å². The SMILES string of the molecule is O=C(OC12CCCN(C1)/C(=C/c1ccccc1)C2)c1ccc(Cl)cc1. The van der Waals surface area contributed by atoms with E-state index in [1.807, 2.05) is 18.2 Å². The normalized spacial score (nSPS) is 23.7. The summed E-state index contributed by atoms with van der Waals surface area (Å²) in [4.78, 5) is 14.9. The van der Waals surface area contributed by atoms with Crippen molar-refractivity contribution in [3.05, 3.63) is 76.4 Å². The molecule has 1 atom stereocenters. The van der Waals surface area contributed by atoms with Crippen molar-refractivity contribution < 1.29 is 9.53 Å². The van der Waals surface area contributed by atoms with Crippen molar-refractivity contribution in [2.75, 3.05) is 13.1 Å². The third-order valence-corrected chi connectivity index (χ3v) is 5.22. The van der Waals surface area contributed by atoms with Gasteiger partial charge in [0.05, 0.1) is 12.1 Å². The highest BCUT2D eigenvalue weighted by Crippen LogP contribution is 2.41. The Morgan fingerprint density at radius 3 is 2.64 bits per heavy atom. The van der Waals surface area contributed by atoms with E-state index in [0.717, 1.165) is 32.4 Å². The molecule has 128 valence electrons. The molecule has 3 nitrogen and oxygen atoms in total. The van der Waals surface area contributed by atoms with E-state index in [1.165, 1.54) is 11.3 Å². The van der Waals surface area contributed by atoms with Crippen molar-refractivity contribution in [3.63, 3.8) is 0 Å². The van der Waals surface area contributed by atoms with Gasteiger partial charge in [-0.3, -0.25) is 0 Å². The molecule has 2 aromatic carbocycles. The molecule has 0 saturated carbocycles. The molecule has 2 bridgehead atoms. The van der Waals surface area contributed by atoms with Gasteiger partial charge in [0.2, 0.25) is 0 Å². The Balaban J connectivity index is 1.54. The first-order valence-electron chi connectivity index (χ1n) is 8.63. The lowest BCUT2D eigenvalue weighted by Gasteiger charge is -2.33. The molecule has 2 aliphatic heterocycles. The molecule has 4 heteroatoms. The fraction of sp³-hybridized carbons (Fsp3) is 0.286. The van der Waals surface area contributed by atoms with Crippen LogP contribution in [-0.4, -0.2) is 29.6 Å². The highest BCUT2D eigenvalue weighted by atomic mass is 35.5. The average Bonchev–Trinajstić information content (AvgIpc) is 2.85. The molecule has 2 fully saturated rings. The molecular weight excluding hydrogens is 334 g/mol. The molecule has 0 amide bonds. The molecule has 2 heterocycles. The average molecular weight is 354 g/mol. The van der Waals surface area contributed by atoms with Gasteiger partial charge in [-0.1, -0.05) is 41.9 Å². The lowest BCUT2D eigenvalue weighted by molar-refractivity contribution is -0.0270. The van der Waals surface area contributed by atoms with Crippen LogP contribution in [0.25, 0.3) is 6.08 Å². The summed E-state index contributed by atoms with van der Waals surface area (Å²) in [6.07, 6.45) is 4.94. The number of hydrogen-bond acceptors (Lipinski definition) is 3. The number of nitrogens with zero attached hydrogens (tertiary/aromatic N) is 1. The second kappa shape index (κ2) is 6.57. The number of ether oxygens (including phenoxy) is 1. The molecule has 4 rings (SSSR count). The van der Waals surface area contributed by atoms with Gasteiger partial charge in [-0.2, -0.15) is 0 Å². The fourth-order valence-corrected chi connectivity index (χ4v) is 3.90. The standard InChI is InChI=1S/C21H20ClNO2/c22-18-9-7-17(8-10-18)20(24)25-21-11-4-12-23(15-21)19(14-21)13-16-5-2-1-3-6-16/h1-3,5-10,13H,4,11-12,14-15H2/b19-13+. The highest BCUT2D eigenvalue weighted by molar-refractivity contribution is 6.30. The number of carbonyl (C=O) groups is 1. The van der Waals surface area contributed by atoms with Crippen molar-refractivity contribution >= 4 is 23.6 Å². The molecule has 2 aliphatic rings. The Kier molecular flexibility index (Phi) is 4.26. The Labute approximate surface area is 152 Å². The summed E-state index contributed by atoms with van der Waals surface area (Å²) in [5.74, 6) is -0.264. The smallest absolute Gasteiger partial charge is 0.338 e. The van der Waals surface area contributed by atoms with Crippen LogP contribution in [0.5, 0.6) is 0 Å². The number of esters is 1. The minimum atomic E-state index is -0.407. The lowest BCUT2D eigenvalue weighted by Crippen LogP contribution is -2.42. The number of hydrogen-bond donors (Lipinski definition) is 0. The van der Waals surface area contributed by atoms with Crippen molar-refractivity contribution in [1.29, 1.82) is 0 Å². The molecule has 0 aromatic heterocycles. The van der Waals surface area contributed by atoms with Gasteiger partial charge < -0.3 is 9.64 Å². The van der Waals surface area contributed by atoms with Crippen molar-refractivity contribution in [3.8, 4) is 0 Å². The third-order valence-electron chi connectivity index (χ3n) is 4.97. The first-order valence-corrected chi connectivity index (χ1v) is 9.01. The molecule has 0 N–H and O–H groups in total. The Hall–Kier alpha value is -2.26. The number of halogens is 1. The Bertz CT molecular complexity index is 800. The summed E-state index contributed by atoms with van der Waals surface area (Å²) >= 11 is 5.90. The van der Waals surface area contributed by atoms with E-state index in [1.54, 1.807) is 24.3 Å². The van der Waals surface area contributed by atoms with Gasteiger partial charge in [0.1, 0.15) is 5.60 Å². The number of fused-ring (bicyclic) bond motifs is 2. The molecule has 2 aromatic rings. The highest BCUT2D eigenvalue weighted by Gasteiger charge is 2.46. The van der Waals surface area contributed by atoms with Crippen molar-refractivity contribution in [2.24, 2.45) is 0 Å². The fourth-order valence-electron chi connectivity index (χ4n) is 3.77. The summed E-state index contributed by atoms with van der Waals surface area (Å²) < 4.78 is 6.00. The molecular formula is C21H20ClNO2. The quantitative estimate of drug-likeness (QED) is 0.744. The van der Waals surface area contributed by atoms with E-state index in [4.69, 9.17) is 16.3 Å². The number of piperidine rings is 1. The van der Waals surface area contributed by atoms with Crippen LogP contribution in [0, 0.1) is 0 Å². The van der Waals surface area contributed by atoms with Crippen LogP contribution in [0.1, 0.15) is 35.2 Å². The summed E-state index contributed by atoms with van der Waals surface area (Å²) in [6, 6.07) is 17.2. The summed E-state index contributed by atoms with van der Waals surface area (Å²) in [5.41, 5.74) is 2.59. The minimum Gasteiger partial charge on any atom is -0.453 e. The predicted octanol–water partition coefficient (Wildman–Crippen LogP) is 4.78. The summed E-state index contributed by atoms with van der Waals surface area (Å²) in [5, 5.41) is 0.618. The number of benzene rings is 2. The van der Waals surface area contributed by atoms with Crippen LogP contribution in [0.4, 0.5) is 0 Å². The van der Waals surface area contributed by atoms with Crippen LogP contribution < -0.4 is 0 Å². The predicted molar refractivity (Wildman–Crippen MR) is 99.4 cm³/mol. The van der Waals surface area contributed by atoms with Crippen molar-refractivity contribution in [2.45, 2.75) is 24.9 Å². The zero-order chi connectivity index (χ0) is 17.3. The van der Waals surface area contributed by atoms with Gasteiger partial charge in [0, 0.05) is 23.7 Å². The lowest BCUT2D eigenvalue weighted by atomic mass is 9.94. The van der Waals surface area contributed by atoms with Gasteiger partial charge >= 0.3 is 5.97 Å². The largest absolute Gasteiger partial charge is 0.453 e. The van der Waals surface area contributed by atoms with E-state index in [2.05, 4.69) is 23.1 Å². The first-order chi connectivity index (χ1) is 12.1. The van der Waals surface area contributed by atoms with Crippen molar-refractivity contribution in [1.82, 2.24) is 4.90 Å². The van der Waals surface area contributed by atoms with Crippen LogP contribution in [0.2, 0.25) is 5.02 Å². The van der Waals surface area contributed by atoms with Crippen LogP contribution in [-0.2, 0) is 4.74 Å². The summed E-state index contributed by atoms with van der Waals surface area (Å²) in [6.45, 7) is 1.81. The second-order valence-corrected chi connectivity index (χ2v) is 7.26. The van der Waals surface area contributed by atoms with E-state index < -0.39 is 5.60 Å². The van der Waals surface area contributed by atoms with Gasteiger partial charge in [-0.15, -0.1) is 0 Å². The molecule has 2 saturated heterocycles. The molecule has 25 heavy (non-hydrogen) atoms. The van der Waals surface area contributed by atoms with Gasteiger partial charge in [-0.05, 0) is 48.7 Å². The van der Waals surface area contributed by atoms with Gasteiger partial charge in [0.25, 0.3) is 0 Å². The second-order valence-electron chi connectivity index (χ2n) is 6.83. The van der Waals surface area contributed by atoms with Gasteiger partial charge in [-0.25, -0.2) is 4.79 Å². The van der Waals surface area contributed by atoms with E-state index in [9.17, 15) is 4.79 Å². The molecule has 0 radical (unpaired) electrons. The maximum absolute atomic E-state index is 12.6. The third kappa shape index (κ3) is 3.42. The topological polar surface area (TPSA) is 29.5 Å². The monoisotopic (exact) mass is 353 g/mol. The minimum absolute atomic E-state index is 0.264. The van der Waals surface area contributed by atoms with E-state index >= 15 is 0 Å². The molecule has 1 unspecified atom stereocenters. The van der Waals surface area contributed by atoms with Crippen LogP contribution in [0.3, 0.4) is 0 Å². The summed E-state index contributed by atoms with van der Waals surface area (Å²) in [7, 11) is 0. The first kappa shape index (κ1) is 16.2. The van der Waals surface area contributed by atoms with Crippen LogP contribution in [0.15, 0.2) is 60.3 Å². The Morgan fingerprint density at radius 2 is 1.88 bits per heavy atom. The molecule has 0 spiro atoms. The van der Waals surface area contributed by atoms with E-state index in [0.29, 0.717) is 10.6 Å². The molecule has 0 aliphatic carbocycles. The number of rotatable bonds is 3. The number of carbonyl (C=O) groups excluding carboxylic acids is 1. The van der Waals surface area contributed by atoms with E-state index in [-0.39, 0.29) is 5.97 Å². The van der Waals surface area contributed by atoms with Crippen LogP contribution >= 0.6 is 11.6 Å².